The van der Waals surface area contributed by atoms with Crippen LogP contribution in [-0.2, 0) is 15.6 Å². The third-order valence-electron chi connectivity index (χ3n) is 2.66. The van der Waals surface area contributed by atoms with E-state index in [9.17, 15) is 13.4 Å². The molecule has 1 amide bonds. The molecule has 1 atom stereocenters. The zero-order valence-electron chi connectivity index (χ0n) is 10.9. The van der Waals surface area contributed by atoms with Gasteiger partial charge in [-0.25, -0.2) is 4.39 Å². The molecule has 0 aliphatic heterocycles. The van der Waals surface area contributed by atoms with E-state index in [1.807, 2.05) is 19.1 Å². The molecular formula is C15H14FNO2S. The summed E-state index contributed by atoms with van der Waals surface area (Å²) >= 11 is 0. The first kappa shape index (κ1) is 14.4. The van der Waals surface area contributed by atoms with E-state index in [1.54, 1.807) is 18.2 Å². The normalized spacial score (nSPS) is 11.9. The third kappa shape index (κ3) is 3.99. The fourth-order valence-corrected chi connectivity index (χ4v) is 2.60. The molecule has 0 aromatic heterocycles. The van der Waals surface area contributed by atoms with Crippen LogP contribution in [0.5, 0.6) is 0 Å². The number of benzene rings is 2. The average Bonchev–Trinajstić information content (AvgIpc) is 2.41. The van der Waals surface area contributed by atoms with Gasteiger partial charge in [0.1, 0.15) is 11.6 Å². The van der Waals surface area contributed by atoms with E-state index in [0.717, 1.165) is 5.56 Å². The SMILES string of the molecule is Cc1ccc(NC(=O)CS(=O)c2cccc(F)c2)cc1. The first-order valence-corrected chi connectivity index (χ1v) is 7.37. The van der Waals surface area contributed by atoms with Crippen molar-refractivity contribution < 1.29 is 13.4 Å². The van der Waals surface area contributed by atoms with Crippen molar-refractivity contribution in [2.45, 2.75) is 11.8 Å². The summed E-state index contributed by atoms with van der Waals surface area (Å²) < 4.78 is 24.9. The minimum Gasteiger partial charge on any atom is -0.325 e. The van der Waals surface area contributed by atoms with Gasteiger partial charge >= 0.3 is 0 Å². The van der Waals surface area contributed by atoms with Crippen LogP contribution >= 0.6 is 0 Å². The lowest BCUT2D eigenvalue weighted by Gasteiger charge is -2.06. The lowest BCUT2D eigenvalue weighted by molar-refractivity contribution is -0.113. The van der Waals surface area contributed by atoms with E-state index in [4.69, 9.17) is 0 Å². The molecule has 0 aliphatic rings. The highest BCUT2D eigenvalue weighted by atomic mass is 32.2. The molecule has 1 unspecified atom stereocenters. The minimum absolute atomic E-state index is 0.197. The summed E-state index contributed by atoms with van der Waals surface area (Å²) in [6, 6.07) is 12.8. The largest absolute Gasteiger partial charge is 0.325 e. The maximum absolute atomic E-state index is 13.0. The van der Waals surface area contributed by atoms with Gasteiger partial charge in [0.2, 0.25) is 5.91 Å². The summed E-state index contributed by atoms with van der Waals surface area (Å²) in [6.07, 6.45) is 0. The molecule has 0 spiro atoms. The predicted octanol–water partition coefficient (Wildman–Crippen LogP) is 2.88. The number of carbonyl (C=O) groups excluding carboxylic acids is 1. The van der Waals surface area contributed by atoms with Crippen molar-refractivity contribution in [3.63, 3.8) is 0 Å². The van der Waals surface area contributed by atoms with Crippen LogP contribution in [-0.4, -0.2) is 15.9 Å². The van der Waals surface area contributed by atoms with Crippen molar-refractivity contribution in [3.8, 4) is 0 Å². The van der Waals surface area contributed by atoms with Crippen LogP contribution in [0.1, 0.15) is 5.56 Å². The van der Waals surface area contributed by atoms with Gasteiger partial charge in [-0.3, -0.25) is 9.00 Å². The van der Waals surface area contributed by atoms with Crippen LogP contribution in [0.2, 0.25) is 0 Å². The van der Waals surface area contributed by atoms with Gasteiger partial charge < -0.3 is 5.32 Å². The molecule has 0 fully saturated rings. The second-order valence-electron chi connectivity index (χ2n) is 4.36. The van der Waals surface area contributed by atoms with Crippen LogP contribution in [0.3, 0.4) is 0 Å². The van der Waals surface area contributed by atoms with E-state index in [0.29, 0.717) is 10.6 Å². The molecule has 0 aliphatic carbocycles. The van der Waals surface area contributed by atoms with Crippen LogP contribution < -0.4 is 5.32 Å². The summed E-state index contributed by atoms with van der Waals surface area (Å²) in [6.45, 7) is 1.95. The Morgan fingerprint density at radius 2 is 1.90 bits per heavy atom. The van der Waals surface area contributed by atoms with Crippen molar-refractivity contribution >= 4 is 22.4 Å². The molecule has 5 heteroatoms. The van der Waals surface area contributed by atoms with E-state index in [-0.39, 0.29) is 11.7 Å². The molecule has 2 aromatic rings. The monoisotopic (exact) mass is 291 g/mol. The Bertz CT molecular complexity index is 641. The zero-order valence-corrected chi connectivity index (χ0v) is 11.7. The van der Waals surface area contributed by atoms with Crippen molar-refractivity contribution in [3.05, 3.63) is 59.9 Å². The summed E-state index contributed by atoms with van der Waals surface area (Å²) in [4.78, 5) is 12.1. The lowest BCUT2D eigenvalue weighted by atomic mass is 10.2. The zero-order chi connectivity index (χ0) is 14.5. The Hall–Kier alpha value is -2.01. The van der Waals surface area contributed by atoms with Gasteiger partial charge in [0.25, 0.3) is 0 Å². The quantitative estimate of drug-likeness (QED) is 0.941. The Kier molecular flexibility index (Phi) is 4.63. The standard InChI is InChI=1S/C15H14FNO2S/c1-11-5-7-13(8-6-11)17-15(18)10-20(19)14-4-2-3-12(16)9-14/h2-9H,10H2,1H3,(H,17,18). The molecule has 20 heavy (non-hydrogen) atoms. The van der Waals surface area contributed by atoms with Crippen LogP contribution in [0.15, 0.2) is 53.4 Å². The van der Waals surface area contributed by atoms with Gasteiger partial charge in [-0.1, -0.05) is 23.8 Å². The topological polar surface area (TPSA) is 46.2 Å². The second-order valence-corrected chi connectivity index (χ2v) is 5.81. The molecule has 104 valence electrons. The van der Waals surface area contributed by atoms with Crippen LogP contribution in [0, 0.1) is 12.7 Å². The summed E-state index contributed by atoms with van der Waals surface area (Å²) in [5, 5.41) is 2.66. The number of anilines is 1. The summed E-state index contributed by atoms with van der Waals surface area (Å²) in [5.41, 5.74) is 1.74. The highest BCUT2D eigenvalue weighted by Crippen LogP contribution is 2.11. The molecule has 0 bridgehead atoms. The number of halogens is 1. The molecular weight excluding hydrogens is 277 g/mol. The number of hydrogen-bond donors (Lipinski definition) is 1. The average molecular weight is 291 g/mol. The molecule has 0 saturated carbocycles. The van der Waals surface area contributed by atoms with Crippen molar-refractivity contribution in [1.29, 1.82) is 0 Å². The number of nitrogens with one attached hydrogen (secondary N) is 1. The lowest BCUT2D eigenvalue weighted by Crippen LogP contribution is -2.19. The van der Waals surface area contributed by atoms with Gasteiger partial charge in [0.15, 0.2) is 0 Å². The smallest absolute Gasteiger partial charge is 0.237 e. The van der Waals surface area contributed by atoms with Crippen LogP contribution in [0.4, 0.5) is 10.1 Å². The highest BCUT2D eigenvalue weighted by molar-refractivity contribution is 7.85. The molecule has 0 radical (unpaired) electrons. The molecule has 2 rings (SSSR count). The molecule has 0 heterocycles. The number of aryl methyl sites for hydroxylation is 1. The molecule has 1 N–H and O–H groups in total. The van der Waals surface area contributed by atoms with E-state index < -0.39 is 16.6 Å². The minimum atomic E-state index is -1.55. The maximum Gasteiger partial charge on any atom is 0.237 e. The number of rotatable bonds is 4. The van der Waals surface area contributed by atoms with Gasteiger partial charge in [-0.15, -0.1) is 0 Å². The van der Waals surface area contributed by atoms with Crippen molar-refractivity contribution in [1.82, 2.24) is 0 Å². The summed E-state index contributed by atoms with van der Waals surface area (Å²) in [5.74, 6) is -1.02. The van der Waals surface area contributed by atoms with Crippen molar-refractivity contribution in [2.24, 2.45) is 0 Å². The number of hydrogen-bond acceptors (Lipinski definition) is 2. The fraction of sp³-hybridized carbons (Fsp3) is 0.133. The molecule has 3 nitrogen and oxygen atoms in total. The molecule has 2 aromatic carbocycles. The summed E-state index contributed by atoms with van der Waals surface area (Å²) in [7, 11) is -1.55. The van der Waals surface area contributed by atoms with E-state index in [1.165, 1.54) is 18.2 Å². The van der Waals surface area contributed by atoms with Gasteiger partial charge in [0, 0.05) is 10.6 Å². The van der Waals surface area contributed by atoms with E-state index >= 15 is 0 Å². The Labute approximate surface area is 119 Å². The van der Waals surface area contributed by atoms with Gasteiger partial charge in [0.05, 0.1) is 10.8 Å². The Morgan fingerprint density at radius 3 is 2.55 bits per heavy atom. The molecule has 0 saturated heterocycles. The first-order chi connectivity index (χ1) is 9.54. The maximum atomic E-state index is 13.0. The number of carbonyl (C=O) groups is 1. The van der Waals surface area contributed by atoms with Gasteiger partial charge in [-0.2, -0.15) is 0 Å². The van der Waals surface area contributed by atoms with Crippen molar-refractivity contribution in [2.75, 3.05) is 11.1 Å². The van der Waals surface area contributed by atoms with Crippen LogP contribution in [0.25, 0.3) is 0 Å². The van der Waals surface area contributed by atoms with Gasteiger partial charge in [-0.05, 0) is 37.3 Å². The Morgan fingerprint density at radius 1 is 1.20 bits per heavy atom. The predicted molar refractivity (Wildman–Crippen MR) is 77.5 cm³/mol. The first-order valence-electron chi connectivity index (χ1n) is 6.05. The van der Waals surface area contributed by atoms with E-state index in [2.05, 4.69) is 5.32 Å². The second kappa shape index (κ2) is 6.43. The number of amides is 1. The highest BCUT2D eigenvalue weighted by Gasteiger charge is 2.11. The third-order valence-corrected chi connectivity index (χ3v) is 3.96. The fourth-order valence-electron chi connectivity index (χ4n) is 1.64. The Balaban J connectivity index is 1.97.